The number of rotatable bonds is 6. The van der Waals surface area contributed by atoms with Gasteiger partial charge in [0.1, 0.15) is 23.7 Å². The first kappa shape index (κ1) is 18.1. The molecule has 1 atom stereocenters. The number of aromatic nitrogens is 1. The molecular weight excluding hydrogens is 342 g/mol. The molecule has 8 heteroatoms. The molecule has 2 N–H and O–H groups in total. The Morgan fingerprint density at radius 3 is 2.48 bits per heavy atom. The molecular formula is C17H24N3O4S+. The van der Waals surface area contributed by atoms with Crippen LogP contribution in [-0.2, 0) is 14.8 Å². The van der Waals surface area contributed by atoms with Gasteiger partial charge in [-0.25, -0.2) is 8.42 Å². The van der Waals surface area contributed by atoms with Crippen molar-refractivity contribution in [2.75, 3.05) is 32.8 Å². The third-order valence-corrected chi connectivity index (χ3v) is 6.14. The number of quaternary nitrogens is 1. The number of ether oxygens (including phenoxy) is 1. The van der Waals surface area contributed by atoms with Crippen LogP contribution in [0.1, 0.15) is 23.1 Å². The molecule has 2 aromatic rings. The number of nitrogens with one attached hydrogen (secondary N) is 2. The molecule has 1 aromatic carbocycles. The monoisotopic (exact) mass is 366 g/mol. The highest BCUT2D eigenvalue weighted by molar-refractivity contribution is 7.89. The lowest BCUT2D eigenvalue weighted by Crippen LogP contribution is -3.14. The van der Waals surface area contributed by atoms with Crippen molar-refractivity contribution in [3.05, 3.63) is 47.3 Å². The van der Waals surface area contributed by atoms with E-state index in [1.807, 2.05) is 30.3 Å². The zero-order chi connectivity index (χ0) is 17.9. The van der Waals surface area contributed by atoms with E-state index < -0.39 is 10.0 Å². The summed E-state index contributed by atoms with van der Waals surface area (Å²) in [6.45, 7) is 7.05. The van der Waals surface area contributed by atoms with Gasteiger partial charge in [-0.05, 0) is 19.4 Å². The molecule has 1 aliphatic heterocycles. The summed E-state index contributed by atoms with van der Waals surface area (Å²) in [7, 11) is -3.73. The molecule has 7 nitrogen and oxygen atoms in total. The van der Waals surface area contributed by atoms with E-state index in [-0.39, 0.29) is 10.9 Å². The van der Waals surface area contributed by atoms with Crippen LogP contribution < -0.4 is 9.62 Å². The number of aryl methyl sites for hydroxylation is 2. The summed E-state index contributed by atoms with van der Waals surface area (Å²) in [5.74, 6) is 0.301. The highest BCUT2D eigenvalue weighted by Gasteiger charge is 2.30. The van der Waals surface area contributed by atoms with Crippen molar-refractivity contribution in [2.45, 2.75) is 24.8 Å². The third kappa shape index (κ3) is 4.27. The maximum Gasteiger partial charge on any atom is 0.246 e. The van der Waals surface area contributed by atoms with E-state index >= 15 is 0 Å². The van der Waals surface area contributed by atoms with Gasteiger partial charge in [0.25, 0.3) is 0 Å². The third-order valence-electron chi connectivity index (χ3n) is 4.43. The predicted octanol–water partition coefficient (Wildman–Crippen LogP) is 0.226. The molecule has 25 heavy (non-hydrogen) atoms. The van der Waals surface area contributed by atoms with E-state index in [9.17, 15) is 8.42 Å². The lowest BCUT2D eigenvalue weighted by Gasteiger charge is -2.28. The molecule has 2 heterocycles. The Bertz CT molecular complexity index is 779. The number of nitrogens with zero attached hydrogens (tertiary/aromatic N) is 1. The van der Waals surface area contributed by atoms with Gasteiger partial charge in [-0.1, -0.05) is 35.5 Å². The normalized spacial score (nSPS) is 17.5. The average Bonchev–Trinajstić information content (AvgIpc) is 2.95. The van der Waals surface area contributed by atoms with Crippen molar-refractivity contribution in [1.82, 2.24) is 9.88 Å². The quantitative estimate of drug-likeness (QED) is 0.764. The molecule has 3 rings (SSSR count). The fraction of sp³-hybridized carbons (Fsp3) is 0.471. The second kappa shape index (κ2) is 7.65. The number of hydrogen-bond donors (Lipinski definition) is 2. The molecule has 1 fully saturated rings. The minimum absolute atomic E-state index is 0.130. The second-order valence-electron chi connectivity index (χ2n) is 6.30. The van der Waals surface area contributed by atoms with E-state index in [0.29, 0.717) is 31.2 Å². The van der Waals surface area contributed by atoms with Gasteiger partial charge in [-0.2, -0.15) is 4.72 Å². The Morgan fingerprint density at radius 1 is 1.20 bits per heavy atom. The molecule has 0 spiro atoms. The largest absolute Gasteiger partial charge is 0.370 e. The van der Waals surface area contributed by atoms with Crippen molar-refractivity contribution >= 4 is 10.0 Å². The van der Waals surface area contributed by atoms with Crippen LogP contribution in [0.4, 0.5) is 0 Å². The van der Waals surface area contributed by atoms with Gasteiger partial charge in [0, 0.05) is 0 Å². The first-order valence-electron chi connectivity index (χ1n) is 8.39. The van der Waals surface area contributed by atoms with E-state index in [1.165, 1.54) is 4.90 Å². The van der Waals surface area contributed by atoms with E-state index in [2.05, 4.69) is 9.88 Å². The lowest BCUT2D eigenvalue weighted by molar-refractivity contribution is -0.909. The van der Waals surface area contributed by atoms with Gasteiger partial charge in [0.15, 0.2) is 5.76 Å². The van der Waals surface area contributed by atoms with Gasteiger partial charge < -0.3 is 14.2 Å². The Kier molecular flexibility index (Phi) is 5.53. The van der Waals surface area contributed by atoms with Crippen LogP contribution >= 0.6 is 0 Å². The van der Waals surface area contributed by atoms with Crippen LogP contribution in [0.15, 0.2) is 39.8 Å². The zero-order valence-corrected chi connectivity index (χ0v) is 15.3. The Hall–Kier alpha value is -1.74. The summed E-state index contributed by atoms with van der Waals surface area (Å²) in [6.07, 6.45) is 0. The molecule has 1 aromatic heterocycles. The summed E-state index contributed by atoms with van der Waals surface area (Å²) >= 11 is 0. The molecule has 1 aliphatic rings. The van der Waals surface area contributed by atoms with Crippen molar-refractivity contribution < 1.29 is 22.6 Å². The summed E-state index contributed by atoms with van der Waals surface area (Å²) < 4.78 is 39.1. The fourth-order valence-electron chi connectivity index (χ4n) is 3.17. The Labute approximate surface area is 148 Å². The maximum atomic E-state index is 12.9. The Morgan fingerprint density at radius 2 is 1.88 bits per heavy atom. The molecule has 0 aliphatic carbocycles. The van der Waals surface area contributed by atoms with Crippen molar-refractivity contribution in [2.24, 2.45) is 0 Å². The fourth-order valence-corrected chi connectivity index (χ4v) is 4.72. The van der Waals surface area contributed by atoms with Crippen molar-refractivity contribution in [1.29, 1.82) is 0 Å². The predicted molar refractivity (Wildman–Crippen MR) is 91.9 cm³/mol. The lowest BCUT2D eigenvalue weighted by atomic mass is 10.1. The van der Waals surface area contributed by atoms with Gasteiger partial charge >= 0.3 is 0 Å². The highest BCUT2D eigenvalue weighted by Crippen LogP contribution is 2.21. The van der Waals surface area contributed by atoms with Gasteiger partial charge in [0.2, 0.25) is 10.0 Å². The summed E-state index contributed by atoms with van der Waals surface area (Å²) in [5, 5.41) is 3.76. The first-order chi connectivity index (χ1) is 12.0. The van der Waals surface area contributed by atoms with Crippen molar-refractivity contribution in [3.8, 4) is 0 Å². The van der Waals surface area contributed by atoms with Crippen molar-refractivity contribution in [3.63, 3.8) is 0 Å². The summed E-state index contributed by atoms with van der Waals surface area (Å²) in [5.41, 5.74) is 1.31. The number of morpholine rings is 1. The second-order valence-corrected chi connectivity index (χ2v) is 7.96. The minimum Gasteiger partial charge on any atom is -0.370 e. The number of hydrogen-bond acceptors (Lipinski definition) is 5. The number of sulfonamides is 1. The van der Waals surface area contributed by atoms with Crippen LogP contribution in [0, 0.1) is 13.8 Å². The molecule has 0 radical (unpaired) electrons. The highest BCUT2D eigenvalue weighted by atomic mass is 32.2. The van der Waals surface area contributed by atoms with Crippen LogP contribution in [0.25, 0.3) is 0 Å². The topological polar surface area (TPSA) is 85.9 Å². The summed E-state index contributed by atoms with van der Waals surface area (Å²) in [4.78, 5) is 1.45. The van der Waals surface area contributed by atoms with Gasteiger partial charge in [0.05, 0.1) is 25.8 Å². The SMILES string of the molecule is Cc1noc(C)c1S(=O)(=O)N[C@H](C[NH+]1CCOCC1)c1ccccc1. The molecule has 0 saturated carbocycles. The summed E-state index contributed by atoms with van der Waals surface area (Å²) in [6, 6.07) is 9.32. The Balaban J connectivity index is 1.86. The maximum absolute atomic E-state index is 12.9. The van der Waals surface area contributed by atoms with E-state index in [1.54, 1.807) is 13.8 Å². The first-order valence-corrected chi connectivity index (χ1v) is 9.87. The van der Waals surface area contributed by atoms with E-state index in [4.69, 9.17) is 9.26 Å². The number of benzene rings is 1. The average molecular weight is 366 g/mol. The standard InChI is InChI=1S/C17H23N3O4S/c1-13-17(14(2)24-18-13)25(21,22)19-16(15-6-4-3-5-7-15)12-20-8-10-23-11-9-20/h3-7,16,19H,8-12H2,1-2H3/p+1/t16-/m1/s1. The van der Waals surface area contributed by atoms with Crippen LogP contribution in [0.2, 0.25) is 0 Å². The van der Waals surface area contributed by atoms with Crippen LogP contribution in [-0.4, -0.2) is 46.4 Å². The van der Waals surface area contributed by atoms with Gasteiger partial charge in [-0.15, -0.1) is 0 Å². The minimum atomic E-state index is -3.73. The zero-order valence-electron chi connectivity index (χ0n) is 14.5. The smallest absolute Gasteiger partial charge is 0.246 e. The molecule has 136 valence electrons. The van der Waals surface area contributed by atoms with Crippen LogP contribution in [0.3, 0.4) is 0 Å². The molecule has 1 saturated heterocycles. The molecule has 0 amide bonds. The van der Waals surface area contributed by atoms with Gasteiger partial charge in [-0.3, -0.25) is 0 Å². The van der Waals surface area contributed by atoms with Crippen LogP contribution in [0.5, 0.6) is 0 Å². The molecule has 0 bridgehead atoms. The van der Waals surface area contributed by atoms with E-state index in [0.717, 1.165) is 18.7 Å². The molecule has 0 unspecified atom stereocenters.